The van der Waals surface area contributed by atoms with E-state index in [1.165, 1.54) is 13.8 Å². The summed E-state index contributed by atoms with van der Waals surface area (Å²) < 4.78 is 86.1. The molecule has 0 amide bonds. The molecule has 1 heteroatoms. The minimum atomic E-state index is -4.53. The van der Waals surface area contributed by atoms with E-state index in [2.05, 4.69) is 0 Å². The zero-order chi connectivity index (χ0) is 18.5. The van der Waals surface area contributed by atoms with E-state index < -0.39 is 62.0 Å². The molecule has 0 atom stereocenters. The lowest BCUT2D eigenvalue weighted by atomic mass is 10.4. The lowest BCUT2D eigenvalue weighted by molar-refractivity contribution is 1.02. The third-order valence-electron chi connectivity index (χ3n) is 1.76. The highest BCUT2D eigenvalue weighted by Gasteiger charge is 2.26. The highest BCUT2D eigenvalue weighted by molar-refractivity contribution is 6.90. The monoisotopic (exact) mass is 189 g/mol. The normalized spacial score (nSPS) is 27.4. The first-order valence-corrected chi connectivity index (χ1v) is 5.77. The predicted octanol–water partition coefficient (Wildman–Crippen LogP) is 3.01. The van der Waals surface area contributed by atoms with Crippen molar-refractivity contribution in [1.29, 1.82) is 0 Å². The van der Waals surface area contributed by atoms with Gasteiger partial charge in [0.05, 0.1) is 14.9 Å². The van der Waals surface area contributed by atoms with Crippen molar-refractivity contribution in [3.05, 3.63) is 30.2 Å². The number of hydrogen-bond acceptors (Lipinski definition) is 0. The van der Waals surface area contributed by atoms with Crippen LogP contribution in [0.1, 0.15) is 28.9 Å². The Labute approximate surface area is 92.1 Å². The summed E-state index contributed by atoms with van der Waals surface area (Å²) in [6, 6.07) is -3.57. The van der Waals surface area contributed by atoms with Gasteiger partial charge in [0, 0.05) is 8.22 Å². The second-order valence-corrected chi connectivity index (χ2v) is 6.23. The van der Waals surface area contributed by atoms with Crippen LogP contribution in [-0.2, 0) is 0 Å². The summed E-state index contributed by atoms with van der Waals surface area (Å²) in [5.74, 6) is 0. The lowest BCUT2D eigenvalue weighted by Crippen LogP contribution is -2.43. The first-order chi connectivity index (χ1) is 10.1. The van der Waals surface area contributed by atoms with Crippen molar-refractivity contribution in [2.45, 2.75) is 32.3 Å². The third-order valence-corrected chi connectivity index (χ3v) is 4.53. The first kappa shape index (κ1) is 2.47. The third kappa shape index (κ3) is 1.78. The molecule has 0 heterocycles. The summed E-state index contributed by atoms with van der Waals surface area (Å²) in [6.45, 7) is -3.07. The van der Waals surface area contributed by atoms with Crippen LogP contribution in [0.25, 0.3) is 0 Å². The molecule has 0 nitrogen and oxygen atoms in total. The van der Waals surface area contributed by atoms with Crippen molar-refractivity contribution < 1.29 is 15.1 Å². The first-order valence-electron chi connectivity index (χ1n) is 9.19. The van der Waals surface area contributed by atoms with Gasteiger partial charge in [0.2, 0.25) is 0 Å². The minimum Gasteiger partial charge on any atom is -0.0652 e. The van der Waals surface area contributed by atoms with Crippen molar-refractivity contribution in [3.8, 4) is 0 Å². The number of rotatable bonds is 2. The Morgan fingerprint density at radius 2 is 1.83 bits per heavy atom. The van der Waals surface area contributed by atoms with Crippen LogP contribution >= 0.6 is 0 Å². The van der Waals surface area contributed by atoms with E-state index in [4.69, 9.17) is 15.1 Å². The number of hydrogen-bond donors (Lipinski definition) is 0. The SMILES string of the molecule is [2H]c1c([2H])c([2H])c([Si](C(C)C)(C([2H])([2H])[2H])C([2H])([2H])[2H])c([2H])c1[2H]. The summed E-state index contributed by atoms with van der Waals surface area (Å²) >= 11 is 0. The molecule has 0 bridgehead atoms. The van der Waals surface area contributed by atoms with Crippen LogP contribution in [0, 0.1) is 0 Å². The molecule has 0 aromatic heterocycles. The minimum absolute atomic E-state index is 0.543. The maximum absolute atomic E-state index is 8.01. The van der Waals surface area contributed by atoms with Gasteiger partial charge in [0.15, 0.2) is 0 Å². The average molecular weight is 189 g/mol. The Morgan fingerprint density at radius 3 is 2.25 bits per heavy atom. The Kier molecular flexibility index (Phi) is 0.709. The van der Waals surface area contributed by atoms with Crippen molar-refractivity contribution in [2.24, 2.45) is 0 Å². The smallest absolute Gasteiger partial charge is 0.0652 e. The van der Waals surface area contributed by atoms with Crippen molar-refractivity contribution in [1.82, 2.24) is 0 Å². The predicted molar refractivity (Wildman–Crippen MR) is 58.7 cm³/mol. The standard InChI is InChI=1S/C11H18Si/c1-10(2)12(3,4)11-8-6-5-7-9-11/h5-10H,1-4H3/i3D3,4D3,5D,6D,7D,8D,9D. The Morgan fingerprint density at radius 1 is 1.25 bits per heavy atom. The van der Waals surface area contributed by atoms with Gasteiger partial charge >= 0.3 is 0 Å². The van der Waals surface area contributed by atoms with Gasteiger partial charge in [0.25, 0.3) is 0 Å². The zero-order valence-corrected chi connectivity index (χ0v) is 8.08. The molecule has 0 saturated carbocycles. The van der Waals surface area contributed by atoms with Gasteiger partial charge in [-0.3, -0.25) is 0 Å². The van der Waals surface area contributed by atoms with Crippen LogP contribution in [0.15, 0.2) is 30.2 Å². The van der Waals surface area contributed by atoms with Gasteiger partial charge in [-0.1, -0.05) is 62.2 Å². The second-order valence-electron chi connectivity index (χ2n) is 2.96. The van der Waals surface area contributed by atoms with Crippen LogP contribution in [-0.4, -0.2) is 8.07 Å². The molecule has 1 aromatic carbocycles. The summed E-state index contributed by atoms with van der Waals surface area (Å²) in [5, 5.41) is -0.543. The highest BCUT2D eigenvalue weighted by atomic mass is 28.3. The van der Waals surface area contributed by atoms with Crippen molar-refractivity contribution in [2.75, 3.05) is 0 Å². The molecular formula is C11H18Si. The van der Waals surface area contributed by atoms with Gasteiger partial charge in [-0.25, -0.2) is 0 Å². The topological polar surface area (TPSA) is 0 Å². The fraction of sp³-hybridized carbons (Fsp3) is 0.455. The Bertz CT molecular complexity index is 571. The van der Waals surface area contributed by atoms with Gasteiger partial charge in [-0.2, -0.15) is 0 Å². The summed E-state index contributed by atoms with van der Waals surface area (Å²) in [4.78, 5) is 0. The van der Waals surface area contributed by atoms with E-state index in [9.17, 15) is 0 Å². The largest absolute Gasteiger partial charge is 0.0831 e. The Hall–Kier alpha value is -0.563. The molecule has 0 aliphatic rings. The molecule has 66 valence electrons. The van der Waals surface area contributed by atoms with Gasteiger partial charge in [0.1, 0.15) is 0 Å². The fourth-order valence-corrected chi connectivity index (χ4v) is 1.83. The van der Waals surface area contributed by atoms with Gasteiger partial charge in [-0.05, 0) is 5.54 Å². The quantitative estimate of drug-likeness (QED) is 0.627. The van der Waals surface area contributed by atoms with Crippen LogP contribution in [0.3, 0.4) is 0 Å². The molecule has 0 saturated heterocycles. The van der Waals surface area contributed by atoms with E-state index >= 15 is 0 Å². The maximum atomic E-state index is 8.01. The molecule has 1 aromatic rings. The molecule has 0 N–H and O–H groups in total. The van der Waals surface area contributed by atoms with E-state index in [0.717, 1.165) is 0 Å². The molecule has 0 radical (unpaired) electrons. The van der Waals surface area contributed by atoms with Crippen LogP contribution in [0.5, 0.6) is 0 Å². The molecule has 0 unspecified atom stereocenters. The molecule has 0 fully saturated rings. The molecule has 0 aliphatic carbocycles. The van der Waals surface area contributed by atoms with E-state index in [1.807, 2.05) is 0 Å². The van der Waals surface area contributed by atoms with Gasteiger partial charge < -0.3 is 0 Å². The van der Waals surface area contributed by atoms with E-state index in [0.29, 0.717) is 0 Å². The maximum Gasteiger partial charge on any atom is 0.0831 e. The van der Waals surface area contributed by atoms with Crippen molar-refractivity contribution >= 4 is 13.3 Å². The number of benzene rings is 1. The zero-order valence-electron chi connectivity index (χ0n) is 18.1. The summed E-state index contributed by atoms with van der Waals surface area (Å²) in [5.41, 5.74) is -0.883. The molecular weight excluding hydrogens is 160 g/mol. The van der Waals surface area contributed by atoms with Crippen LogP contribution in [0.2, 0.25) is 18.5 Å². The Balaban J connectivity index is 4.15. The highest BCUT2D eigenvalue weighted by Crippen LogP contribution is 2.19. The lowest BCUT2D eigenvalue weighted by Gasteiger charge is -2.27. The molecule has 1 rings (SSSR count). The fourth-order valence-electron chi connectivity index (χ4n) is 0.736. The summed E-state index contributed by atoms with van der Waals surface area (Å²) in [7, 11) is -4.53. The van der Waals surface area contributed by atoms with Crippen LogP contribution in [0.4, 0.5) is 0 Å². The second kappa shape index (κ2) is 3.44. The molecule has 0 spiro atoms. The molecule has 0 aliphatic heterocycles. The van der Waals surface area contributed by atoms with Crippen LogP contribution < -0.4 is 5.19 Å². The average Bonchev–Trinajstić information content (AvgIpc) is 2.35. The van der Waals surface area contributed by atoms with Crippen molar-refractivity contribution in [3.63, 3.8) is 0 Å². The van der Waals surface area contributed by atoms with E-state index in [1.54, 1.807) is 0 Å². The van der Waals surface area contributed by atoms with Gasteiger partial charge in [-0.15, -0.1) is 0 Å². The van der Waals surface area contributed by atoms with E-state index in [-0.39, 0.29) is 0 Å². The summed E-state index contributed by atoms with van der Waals surface area (Å²) in [6.07, 6.45) is 0. The molecule has 12 heavy (non-hydrogen) atoms.